The summed E-state index contributed by atoms with van der Waals surface area (Å²) in [7, 11) is 2.93. The van der Waals surface area contributed by atoms with Gasteiger partial charge in [-0.2, -0.15) is 0 Å². The van der Waals surface area contributed by atoms with Crippen LogP contribution < -0.4 is 20.5 Å². The molecule has 0 spiro atoms. The number of benzene rings is 2. The molecule has 0 bridgehead atoms. The van der Waals surface area contributed by atoms with Crippen molar-refractivity contribution in [3.05, 3.63) is 58.6 Å². The molecule has 0 aromatic heterocycles. The molecule has 0 aliphatic carbocycles. The van der Waals surface area contributed by atoms with Crippen molar-refractivity contribution in [1.82, 2.24) is 5.32 Å². The number of nitrogens with one attached hydrogen (secondary N) is 1. The van der Waals surface area contributed by atoms with E-state index in [0.717, 1.165) is 0 Å². The summed E-state index contributed by atoms with van der Waals surface area (Å²) in [6.07, 6.45) is -0.244. The molecule has 0 aliphatic heterocycles. The predicted octanol–water partition coefficient (Wildman–Crippen LogP) is 2.88. The zero-order chi connectivity index (χ0) is 21.4. The van der Waals surface area contributed by atoms with Gasteiger partial charge in [-0.3, -0.25) is 9.59 Å². The number of methoxy groups -OCH3 is 2. The van der Waals surface area contributed by atoms with E-state index in [2.05, 4.69) is 5.32 Å². The van der Waals surface area contributed by atoms with Crippen LogP contribution in [0.3, 0.4) is 0 Å². The highest BCUT2D eigenvalue weighted by molar-refractivity contribution is 6.31. The summed E-state index contributed by atoms with van der Waals surface area (Å²) in [5.41, 5.74) is 5.99. The summed E-state index contributed by atoms with van der Waals surface area (Å²) in [4.78, 5) is 35.8. The average molecular weight is 421 g/mol. The highest BCUT2D eigenvalue weighted by Gasteiger charge is 2.21. The summed E-state index contributed by atoms with van der Waals surface area (Å²) in [6, 6.07) is 9.72. The van der Waals surface area contributed by atoms with Gasteiger partial charge in [0, 0.05) is 10.6 Å². The molecule has 9 heteroatoms. The van der Waals surface area contributed by atoms with Crippen LogP contribution in [0.1, 0.15) is 28.4 Å². The molecule has 29 heavy (non-hydrogen) atoms. The van der Waals surface area contributed by atoms with Gasteiger partial charge in [0.2, 0.25) is 0 Å². The van der Waals surface area contributed by atoms with E-state index in [1.807, 2.05) is 0 Å². The number of carbonyl (C=O) groups is 3. The van der Waals surface area contributed by atoms with Gasteiger partial charge in [-0.15, -0.1) is 0 Å². The first kappa shape index (κ1) is 22.0. The van der Waals surface area contributed by atoms with E-state index in [0.29, 0.717) is 27.6 Å². The Morgan fingerprint density at radius 3 is 2.38 bits per heavy atom. The monoisotopic (exact) mass is 420 g/mol. The lowest BCUT2D eigenvalue weighted by Gasteiger charge is -2.18. The van der Waals surface area contributed by atoms with E-state index in [4.69, 9.17) is 31.5 Å². The summed E-state index contributed by atoms with van der Waals surface area (Å²) >= 11 is 6.13. The van der Waals surface area contributed by atoms with Crippen molar-refractivity contribution in [2.75, 3.05) is 20.8 Å². The van der Waals surface area contributed by atoms with E-state index in [1.54, 1.807) is 36.4 Å². The first-order valence-corrected chi connectivity index (χ1v) is 8.94. The van der Waals surface area contributed by atoms with Gasteiger partial charge in [0.05, 0.1) is 26.7 Å². The van der Waals surface area contributed by atoms with Crippen molar-refractivity contribution in [3.8, 4) is 11.5 Å². The summed E-state index contributed by atoms with van der Waals surface area (Å²) < 4.78 is 15.3. The molecule has 0 saturated carbocycles. The third-order valence-electron chi connectivity index (χ3n) is 4.04. The van der Waals surface area contributed by atoms with Gasteiger partial charge in [-0.05, 0) is 29.8 Å². The fourth-order valence-corrected chi connectivity index (χ4v) is 2.90. The van der Waals surface area contributed by atoms with Crippen LogP contribution in [0.2, 0.25) is 5.02 Å². The molecule has 3 N–H and O–H groups in total. The molecule has 0 fully saturated rings. The lowest BCUT2D eigenvalue weighted by Crippen LogP contribution is -2.35. The molecule has 2 amide bonds. The summed E-state index contributed by atoms with van der Waals surface area (Å²) in [6.45, 7) is -0.472. The van der Waals surface area contributed by atoms with E-state index < -0.39 is 30.4 Å². The number of ether oxygens (including phenoxy) is 3. The standard InChI is InChI=1S/C20H21ClN2O6/c1-27-17-8-7-12(9-18(17)28-2)16(24)11-29-19(25)10-15(23-20(22)26)13-5-3-4-6-14(13)21/h3-9,15H,10-11H2,1-2H3,(H3,22,23,26)/t15-/m0/s1. The van der Waals surface area contributed by atoms with Crippen molar-refractivity contribution >= 4 is 29.4 Å². The van der Waals surface area contributed by atoms with E-state index in [1.165, 1.54) is 20.3 Å². The zero-order valence-electron chi connectivity index (χ0n) is 15.9. The van der Waals surface area contributed by atoms with Crippen molar-refractivity contribution in [2.45, 2.75) is 12.5 Å². The van der Waals surface area contributed by atoms with Crippen LogP contribution >= 0.6 is 11.6 Å². The maximum atomic E-state index is 12.3. The Kier molecular flexibility index (Phi) is 7.85. The van der Waals surface area contributed by atoms with E-state index >= 15 is 0 Å². The van der Waals surface area contributed by atoms with Gasteiger partial charge in [0.1, 0.15) is 0 Å². The van der Waals surface area contributed by atoms with Crippen molar-refractivity contribution < 1.29 is 28.6 Å². The topological polar surface area (TPSA) is 117 Å². The second-order valence-corrected chi connectivity index (χ2v) is 6.35. The molecule has 2 aromatic carbocycles. The second kappa shape index (κ2) is 10.3. The van der Waals surface area contributed by atoms with Crippen molar-refractivity contribution in [2.24, 2.45) is 5.73 Å². The molecule has 0 radical (unpaired) electrons. The number of Topliss-reactive ketones (excluding diaryl/α,β-unsaturated/α-hetero) is 1. The number of primary amides is 1. The van der Waals surface area contributed by atoms with Crippen LogP contribution in [0.5, 0.6) is 11.5 Å². The second-order valence-electron chi connectivity index (χ2n) is 5.94. The number of urea groups is 1. The molecular formula is C20H21ClN2O6. The maximum Gasteiger partial charge on any atom is 0.312 e. The van der Waals surface area contributed by atoms with Gasteiger partial charge in [-0.25, -0.2) is 4.79 Å². The van der Waals surface area contributed by atoms with Gasteiger partial charge < -0.3 is 25.3 Å². The number of hydrogen-bond donors (Lipinski definition) is 2. The van der Waals surface area contributed by atoms with Gasteiger partial charge in [0.15, 0.2) is 23.9 Å². The van der Waals surface area contributed by atoms with E-state index in [-0.39, 0.29) is 6.42 Å². The minimum absolute atomic E-state index is 0.244. The molecule has 154 valence electrons. The number of rotatable bonds is 9. The van der Waals surface area contributed by atoms with Crippen LogP contribution in [0, 0.1) is 0 Å². The molecule has 2 aromatic rings. The minimum Gasteiger partial charge on any atom is -0.493 e. The SMILES string of the molecule is COc1ccc(C(=O)COC(=O)C[C@H](NC(N)=O)c2ccccc2Cl)cc1OC. The summed E-state index contributed by atoms with van der Waals surface area (Å²) in [5.74, 6) is -0.260. The van der Waals surface area contributed by atoms with Gasteiger partial charge in [0.25, 0.3) is 0 Å². The summed E-state index contributed by atoms with van der Waals surface area (Å²) in [5, 5.41) is 2.81. The number of amides is 2. The number of carbonyl (C=O) groups excluding carboxylic acids is 3. The maximum absolute atomic E-state index is 12.3. The Balaban J connectivity index is 2.02. The Morgan fingerprint density at radius 1 is 1.07 bits per heavy atom. The number of halogens is 1. The largest absolute Gasteiger partial charge is 0.493 e. The van der Waals surface area contributed by atoms with Gasteiger partial charge in [-0.1, -0.05) is 29.8 Å². The normalized spacial score (nSPS) is 11.3. The fourth-order valence-electron chi connectivity index (χ4n) is 2.63. The first-order chi connectivity index (χ1) is 13.8. The van der Waals surface area contributed by atoms with Crippen LogP contribution in [-0.4, -0.2) is 38.6 Å². The first-order valence-electron chi connectivity index (χ1n) is 8.57. The number of nitrogens with two attached hydrogens (primary N) is 1. The predicted molar refractivity (Wildman–Crippen MR) is 106 cm³/mol. The number of hydrogen-bond acceptors (Lipinski definition) is 6. The molecule has 0 heterocycles. The molecule has 2 rings (SSSR count). The third-order valence-corrected chi connectivity index (χ3v) is 4.38. The average Bonchev–Trinajstić information content (AvgIpc) is 2.71. The van der Waals surface area contributed by atoms with Crippen molar-refractivity contribution in [3.63, 3.8) is 0 Å². The number of ketones is 1. The zero-order valence-corrected chi connectivity index (χ0v) is 16.7. The molecule has 1 atom stereocenters. The molecule has 0 saturated heterocycles. The molecule has 8 nitrogen and oxygen atoms in total. The lowest BCUT2D eigenvalue weighted by atomic mass is 10.0. The molecule has 0 unspecified atom stereocenters. The smallest absolute Gasteiger partial charge is 0.312 e. The van der Waals surface area contributed by atoms with Crippen molar-refractivity contribution in [1.29, 1.82) is 0 Å². The molecular weight excluding hydrogens is 400 g/mol. The van der Waals surface area contributed by atoms with Crippen LogP contribution in [0.25, 0.3) is 0 Å². The van der Waals surface area contributed by atoms with E-state index in [9.17, 15) is 14.4 Å². The van der Waals surface area contributed by atoms with Crippen LogP contribution in [-0.2, 0) is 9.53 Å². The fraction of sp³-hybridized carbons (Fsp3) is 0.250. The van der Waals surface area contributed by atoms with Crippen LogP contribution in [0.4, 0.5) is 4.79 Å². The van der Waals surface area contributed by atoms with Gasteiger partial charge >= 0.3 is 12.0 Å². The highest BCUT2D eigenvalue weighted by atomic mass is 35.5. The Bertz CT molecular complexity index is 902. The Morgan fingerprint density at radius 2 is 1.76 bits per heavy atom. The number of esters is 1. The Hall–Kier alpha value is -3.26. The Labute approximate surface area is 172 Å². The molecule has 0 aliphatic rings. The quantitative estimate of drug-likeness (QED) is 0.476. The lowest BCUT2D eigenvalue weighted by molar-refractivity contribution is -0.143. The minimum atomic E-state index is -0.816. The highest BCUT2D eigenvalue weighted by Crippen LogP contribution is 2.28. The van der Waals surface area contributed by atoms with Crippen LogP contribution in [0.15, 0.2) is 42.5 Å². The third kappa shape index (κ3) is 6.11.